The van der Waals surface area contributed by atoms with Crippen LogP contribution < -0.4 is 5.32 Å². The van der Waals surface area contributed by atoms with Gasteiger partial charge in [-0.25, -0.2) is 4.98 Å². The zero-order chi connectivity index (χ0) is 8.72. The highest BCUT2D eigenvalue weighted by atomic mass is 35.5. The fourth-order valence-corrected chi connectivity index (χ4v) is 1.72. The van der Waals surface area contributed by atoms with Crippen LogP contribution in [-0.4, -0.2) is 10.9 Å². The molecule has 1 N–H and O–H groups in total. The van der Waals surface area contributed by atoms with E-state index in [-0.39, 0.29) is 5.91 Å². The molecule has 1 aliphatic rings. The summed E-state index contributed by atoms with van der Waals surface area (Å²) in [7, 11) is 0. The molecule has 1 aliphatic heterocycles. The van der Waals surface area contributed by atoms with Gasteiger partial charge < -0.3 is 5.32 Å². The molecule has 1 aromatic rings. The van der Waals surface area contributed by atoms with Gasteiger partial charge in [0.1, 0.15) is 5.15 Å². The fraction of sp³-hybridized carbons (Fsp3) is 0.143. The molecule has 0 radical (unpaired) electrons. The standard InChI is InChI=1S/C7H4Cl2N2O/c8-3-1-5(9)11-4-2-10-7(12)6(3)4/h1H,2H2,(H,10,12). The zero-order valence-electron chi connectivity index (χ0n) is 5.90. The lowest BCUT2D eigenvalue weighted by atomic mass is 10.2. The molecule has 0 saturated carbocycles. The average Bonchev–Trinajstić information content (AvgIpc) is 2.31. The maximum Gasteiger partial charge on any atom is 0.255 e. The number of rotatable bonds is 0. The Balaban J connectivity index is 2.68. The summed E-state index contributed by atoms with van der Waals surface area (Å²) < 4.78 is 0. The second-order valence-corrected chi connectivity index (χ2v) is 3.23. The first-order chi connectivity index (χ1) is 5.68. The van der Waals surface area contributed by atoms with E-state index in [9.17, 15) is 4.79 Å². The minimum Gasteiger partial charge on any atom is -0.346 e. The van der Waals surface area contributed by atoms with Crippen LogP contribution >= 0.6 is 23.2 Å². The summed E-state index contributed by atoms with van der Waals surface area (Å²) in [5, 5.41) is 3.28. The van der Waals surface area contributed by atoms with E-state index >= 15 is 0 Å². The molecule has 2 heterocycles. The van der Waals surface area contributed by atoms with Crippen LogP contribution in [0.25, 0.3) is 0 Å². The fourth-order valence-electron chi connectivity index (χ4n) is 1.15. The summed E-state index contributed by atoms with van der Waals surface area (Å²) in [5.41, 5.74) is 1.07. The van der Waals surface area contributed by atoms with Gasteiger partial charge in [0.15, 0.2) is 0 Å². The van der Waals surface area contributed by atoms with E-state index < -0.39 is 0 Å². The van der Waals surface area contributed by atoms with Gasteiger partial charge >= 0.3 is 0 Å². The van der Waals surface area contributed by atoms with Crippen molar-refractivity contribution in [3.63, 3.8) is 0 Å². The summed E-state index contributed by atoms with van der Waals surface area (Å²) >= 11 is 11.4. The lowest BCUT2D eigenvalue weighted by Crippen LogP contribution is -2.12. The molecule has 0 fully saturated rings. The maximum absolute atomic E-state index is 11.1. The van der Waals surface area contributed by atoms with Gasteiger partial charge in [-0.15, -0.1) is 0 Å². The molecule has 2 rings (SSSR count). The SMILES string of the molecule is O=C1NCc2nc(Cl)cc(Cl)c21. The quantitative estimate of drug-likeness (QED) is 0.651. The molecule has 0 atom stereocenters. The minimum atomic E-state index is -0.181. The van der Waals surface area contributed by atoms with E-state index in [1.165, 1.54) is 6.07 Å². The highest BCUT2D eigenvalue weighted by molar-refractivity contribution is 6.36. The van der Waals surface area contributed by atoms with Crippen LogP contribution in [0.15, 0.2) is 6.07 Å². The van der Waals surface area contributed by atoms with Crippen LogP contribution in [0.4, 0.5) is 0 Å². The zero-order valence-corrected chi connectivity index (χ0v) is 7.41. The summed E-state index contributed by atoms with van der Waals surface area (Å²) in [6, 6.07) is 1.47. The molecule has 62 valence electrons. The van der Waals surface area contributed by atoms with Crippen molar-refractivity contribution in [2.45, 2.75) is 6.54 Å². The summed E-state index contributed by atoms with van der Waals surface area (Å²) in [6.45, 7) is 0.411. The van der Waals surface area contributed by atoms with Gasteiger partial charge in [0.25, 0.3) is 5.91 Å². The highest BCUT2D eigenvalue weighted by Crippen LogP contribution is 2.25. The van der Waals surface area contributed by atoms with Crippen molar-refractivity contribution >= 4 is 29.1 Å². The maximum atomic E-state index is 11.1. The first kappa shape index (κ1) is 7.83. The number of hydrogen-bond acceptors (Lipinski definition) is 2. The topological polar surface area (TPSA) is 42.0 Å². The number of nitrogens with one attached hydrogen (secondary N) is 1. The molecule has 3 nitrogen and oxygen atoms in total. The van der Waals surface area contributed by atoms with Crippen molar-refractivity contribution in [2.24, 2.45) is 0 Å². The number of carbonyl (C=O) groups is 1. The van der Waals surface area contributed by atoms with Gasteiger partial charge in [-0.1, -0.05) is 23.2 Å². The monoisotopic (exact) mass is 202 g/mol. The smallest absolute Gasteiger partial charge is 0.255 e. The number of hydrogen-bond donors (Lipinski definition) is 1. The van der Waals surface area contributed by atoms with Crippen LogP contribution in [-0.2, 0) is 6.54 Å². The van der Waals surface area contributed by atoms with E-state index in [0.29, 0.717) is 28.0 Å². The first-order valence-electron chi connectivity index (χ1n) is 3.31. The van der Waals surface area contributed by atoms with E-state index in [1.807, 2.05) is 0 Å². The van der Waals surface area contributed by atoms with Crippen LogP contribution in [0.2, 0.25) is 10.2 Å². The van der Waals surface area contributed by atoms with Crippen LogP contribution in [0.3, 0.4) is 0 Å². The molecule has 5 heteroatoms. The molecule has 1 aromatic heterocycles. The Morgan fingerprint density at radius 2 is 2.25 bits per heavy atom. The van der Waals surface area contributed by atoms with Crippen molar-refractivity contribution in [3.05, 3.63) is 27.5 Å². The third-order valence-electron chi connectivity index (χ3n) is 1.66. The van der Waals surface area contributed by atoms with Gasteiger partial charge in [-0.3, -0.25) is 4.79 Å². The first-order valence-corrected chi connectivity index (χ1v) is 4.07. The van der Waals surface area contributed by atoms with Gasteiger partial charge in [0.2, 0.25) is 0 Å². The number of pyridine rings is 1. The van der Waals surface area contributed by atoms with Gasteiger partial charge in [0, 0.05) is 0 Å². The molecule has 0 unspecified atom stereocenters. The third kappa shape index (κ3) is 1.06. The van der Waals surface area contributed by atoms with Gasteiger partial charge in [-0.05, 0) is 6.07 Å². The second-order valence-electron chi connectivity index (χ2n) is 2.43. The Kier molecular flexibility index (Phi) is 1.70. The number of halogens is 2. The minimum absolute atomic E-state index is 0.181. The Morgan fingerprint density at radius 1 is 1.50 bits per heavy atom. The number of nitrogens with zero attached hydrogens (tertiary/aromatic N) is 1. The van der Waals surface area contributed by atoms with Crippen molar-refractivity contribution < 1.29 is 4.79 Å². The van der Waals surface area contributed by atoms with Crippen LogP contribution in [0.5, 0.6) is 0 Å². The van der Waals surface area contributed by atoms with Crippen molar-refractivity contribution in [1.82, 2.24) is 10.3 Å². The second kappa shape index (κ2) is 2.61. The third-order valence-corrected chi connectivity index (χ3v) is 2.15. The molecule has 0 spiro atoms. The number of fused-ring (bicyclic) bond motifs is 1. The lowest BCUT2D eigenvalue weighted by Gasteiger charge is -1.97. The average molecular weight is 203 g/mol. The Bertz CT molecular complexity index is 365. The summed E-state index contributed by atoms with van der Waals surface area (Å²) in [4.78, 5) is 15.1. The Labute approximate surface area is 78.7 Å². The summed E-state index contributed by atoms with van der Waals surface area (Å²) in [6.07, 6.45) is 0. The highest BCUT2D eigenvalue weighted by Gasteiger charge is 2.23. The lowest BCUT2D eigenvalue weighted by molar-refractivity contribution is 0.0966. The molecule has 0 saturated heterocycles. The molecule has 0 aliphatic carbocycles. The molecular formula is C7H4Cl2N2O. The molecular weight excluding hydrogens is 199 g/mol. The molecule has 1 amide bonds. The Hall–Kier alpha value is -0.800. The largest absolute Gasteiger partial charge is 0.346 e. The van der Waals surface area contributed by atoms with E-state index in [1.54, 1.807) is 0 Å². The summed E-state index contributed by atoms with van der Waals surface area (Å²) in [5.74, 6) is -0.181. The normalized spacial score (nSPS) is 14.3. The van der Waals surface area contributed by atoms with Crippen molar-refractivity contribution in [3.8, 4) is 0 Å². The van der Waals surface area contributed by atoms with E-state index in [0.717, 1.165) is 0 Å². The van der Waals surface area contributed by atoms with E-state index in [4.69, 9.17) is 23.2 Å². The van der Waals surface area contributed by atoms with Gasteiger partial charge in [0.05, 0.1) is 22.8 Å². The van der Waals surface area contributed by atoms with Crippen molar-refractivity contribution in [1.29, 1.82) is 0 Å². The van der Waals surface area contributed by atoms with Crippen molar-refractivity contribution in [2.75, 3.05) is 0 Å². The molecule has 0 aromatic carbocycles. The van der Waals surface area contributed by atoms with Gasteiger partial charge in [-0.2, -0.15) is 0 Å². The number of carbonyl (C=O) groups excluding carboxylic acids is 1. The predicted molar refractivity (Wildman–Crippen MR) is 45.4 cm³/mol. The number of aromatic nitrogens is 1. The van der Waals surface area contributed by atoms with Crippen LogP contribution in [0, 0.1) is 0 Å². The Morgan fingerprint density at radius 3 is 3.00 bits per heavy atom. The van der Waals surface area contributed by atoms with E-state index in [2.05, 4.69) is 10.3 Å². The number of amides is 1. The predicted octanol–water partition coefficient (Wildman–Crippen LogP) is 1.63. The van der Waals surface area contributed by atoms with Crippen LogP contribution in [0.1, 0.15) is 16.1 Å². The molecule has 12 heavy (non-hydrogen) atoms. The molecule has 0 bridgehead atoms.